The monoisotopic (exact) mass is 287 g/mol. The lowest BCUT2D eigenvalue weighted by atomic mass is 9.97. The van der Waals surface area contributed by atoms with Crippen molar-refractivity contribution < 1.29 is 9.90 Å². The molecule has 1 aliphatic rings. The highest BCUT2D eigenvalue weighted by Gasteiger charge is 2.23. The van der Waals surface area contributed by atoms with Gasteiger partial charge in [0, 0.05) is 30.8 Å². The number of rotatable bonds is 3. The quantitative estimate of drug-likeness (QED) is 0.867. The van der Waals surface area contributed by atoms with E-state index >= 15 is 0 Å². The molecule has 1 aromatic carbocycles. The largest absolute Gasteiger partial charge is 0.396 e. The lowest BCUT2D eigenvalue weighted by Gasteiger charge is -2.31. The number of amides is 1. The molecule has 2 N–H and O–H groups in total. The number of aromatic nitrogens is 4. The SMILES string of the molecule is O=C(c1cccc(-c2nn[nH]n2)c1)N1CCC(CO)CC1. The van der Waals surface area contributed by atoms with Gasteiger partial charge in [-0.05, 0) is 36.1 Å². The average molecular weight is 287 g/mol. The predicted octanol–water partition coefficient (Wildman–Crippen LogP) is 0.711. The third kappa shape index (κ3) is 2.92. The third-order valence-electron chi connectivity index (χ3n) is 3.87. The van der Waals surface area contributed by atoms with E-state index in [-0.39, 0.29) is 12.5 Å². The smallest absolute Gasteiger partial charge is 0.253 e. The van der Waals surface area contributed by atoms with E-state index in [4.69, 9.17) is 5.11 Å². The Kier molecular flexibility index (Phi) is 3.92. The lowest BCUT2D eigenvalue weighted by molar-refractivity contribution is 0.0651. The number of aliphatic hydroxyl groups excluding tert-OH is 1. The zero-order valence-corrected chi connectivity index (χ0v) is 11.6. The Balaban J connectivity index is 1.75. The van der Waals surface area contributed by atoms with Crippen LogP contribution in [0.4, 0.5) is 0 Å². The molecule has 0 bridgehead atoms. The van der Waals surface area contributed by atoms with Gasteiger partial charge in [-0.3, -0.25) is 4.79 Å². The number of H-pyrrole nitrogens is 1. The summed E-state index contributed by atoms with van der Waals surface area (Å²) in [7, 11) is 0. The van der Waals surface area contributed by atoms with E-state index in [2.05, 4.69) is 20.6 Å². The molecule has 0 spiro atoms. The number of benzene rings is 1. The van der Waals surface area contributed by atoms with Crippen molar-refractivity contribution in [3.8, 4) is 11.4 Å². The van der Waals surface area contributed by atoms with Crippen molar-refractivity contribution >= 4 is 5.91 Å². The third-order valence-corrected chi connectivity index (χ3v) is 3.87. The standard InChI is InChI=1S/C14H17N5O2/c20-9-10-4-6-19(7-5-10)14(21)12-3-1-2-11(8-12)13-15-17-18-16-13/h1-3,8,10,20H,4-7,9H2,(H,15,16,17,18). The number of nitrogens with zero attached hydrogens (tertiary/aromatic N) is 4. The first kappa shape index (κ1) is 13.7. The first-order valence-corrected chi connectivity index (χ1v) is 7.02. The fourth-order valence-corrected chi connectivity index (χ4v) is 2.58. The van der Waals surface area contributed by atoms with Gasteiger partial charge in [-0.2, -0.15) is 5.21 Å². The van der Waals surface area contributed by atoms with Crippen LogP contribution in [0.25, 0.3) is 11.4 Å². The van der Waals surface area contributed by atoms with E-state index in [9.17, 15) is 4.79 Å². The maximum absolute atomic E-state index is 12.5. The molecule has 0 aliphatic carbocycles. The molecule has 7 heteroatoms. The predicted molar refractivity (Wildman–Crippen MR) is 75.3 cm³/mol. The number of aromatic amines is 1. The average Bonchev–Trinajstić information content (AvgIpc) is 3.09. The van der Waals surface area contributed by atoms with Crippen LogP contribution in [0.2, 0.25) is 0 Å². The number of carbonyl (C=O) groups is 1. The molecule has 2 heterocycles. The van der Waals surface area contributed by atoms with Gasteiger partial charge in [0.1, 0.15) is 0 Å². The van der Waals surface area contributed by atoms with Crippen LogP contribution < -0.4 is 0 Å². The van der Waals surface area contributed by atoms with Gasteiger partial charge in [0.05, 0.1) is 0 Å². The Bertz CT molecular complexity index is 606. The van der Waals surface area contributed by atoms with Gasteiger partial charge in [0.25, 0.3) is 5.91 Å². The number of nitrogens with one attached hydrogen (secondary N) is 1. The highest BCUT2D eigenvalue weighted by Crippen LogP contribution is 2.20. The normalized spacial score (nSPS) is 16.1. The van der Waals surface area contributed by atoms with Gasteiger partial charge in [0.2, 0.25) is 5.82 Å². The molecule has 0 saturated carbocycles. The van der Waals surface area contributed by atoms with Crippen LogP contribution in [0.3, 0.4) is 0 Å². The Hall–Kier alpha value is -2.28. The summed E-state index contributed by atoms with van der Waals surface area (Å²) in [5.74, 6) is 0.806. The molecule has 1 aromatic heterocycles. The van der Waals surface area contributed by atoms with Gasteiger partial charge in [-0.15, -0.1) is 10.2 Å². The minimum Gasteiger partial charge on any atom is -0.396 e. The van der Waals surface area contributed by atoms with Crippen molar-refractivity contribution in [1.82, 2.24) is 25.5 Å². The van der Waals surface area contributed by atoms with E-state index in [0.29, 0.717) is 30.4 Å². The van der Waals surface area contributed by atoms with Gasteiger partial charge in [-0.25, -0.2) is 0 Å². The van der Waals surface area contributed by atoms with Gasteiger partial charge in [-0.1, -0.05) is 12.1 Å². The van der Waals surface area contributed by atoms with Crippen LogP contribution in [0.1, 0.15) is 23.2 Å². The second-order valence-electron chi connectivity index (χ2n) is 5.23. The molecule has 0 radical (unpaired) electrons. The number of tetrazole rings is 1. The zero-order valence-electron chi connectivity index (χ0n) is 11.6. The van der Waals surface area contributed by atoms with E-state index in [0.717, 1.165) is 18.4 Å². The number of carbonyl (C=O) groups excluding carboxylic acids is 1. The molecule has 110 valence electrons. The summed E-state index contributed by atoms with van der Waals surface area (Å²) in [6, 6.07) is 7.24. The number of piperidine rings is 1. The Morgan fingerprint density at radius 1 is 1.38 bits per heavy atom. The molecule has 1 amide bonds. The van der Waals surface area contributed by atoms with Crippen LogP contribution in [0, 0.1) is 5.92 Å². The number of hydrogen-bond donors (Lipinski definition) is 2. The first-order chi connectivity index (χ1) is 10.3. The highest BCUT2D eigenvalue weighted by molar-refractivity contribution is 5.95. The van der Waals surface area contributed by atoms with Crippen molar-refractivity contribution in [2.45, 2.75) is 12.8 Å². The summed E-state index contributed by atoms with van der Waals surface area (Å²) in [4.78, 5) is 14.4. The van der Waals surface area contributed by atoms with Crippen LogP contribution in [0.15, 0.2) is 24.3 Å². The van der Waals surface area contributed by atoms with E-state index in [1.807, 2.05) is 17.0 Å². The summed E-state index contributed by atoms with van der Waals surface area (Å²) >= 11 is 0. The van der Waals surface area contributed by atoms with E-state index in [1.165, 1.54) is 0 Å². The second kappa shape index (κ2) is 6.01. The fraction of sp³-hybridized carbons (Fsp3) is 0.429. The van der Waals surface area contributed by atoms with Crippen LogP contribution in [0.5, 0.6) is 0 Å². The van der Waals surface area contributed by atoms with E-state index in [1.54, 1.807) is 12.1 Å². The summed E-state index contributed by atoms with van der Waals surface area (Å²) in [5, 5.41) is 22.9. The number of hydrogen-bond acceptors (Lipinski definition) is 5. The Labute approximate surface area is 122 Å². The molecule has 1 fully saturated rings. The topological polar surface area (TPSA) is 95.0 Å². The van der Waals surface area contributed by atoms with Crippen molar-refractivity contribution in [3.63, 3.8) is 0 Å². The van der Waals surface area contributed by atoms with E-state index < -0.39 is 0 Å². The molecule has 21 heavy (non-hydrogen) atoms. The van der Waals surface area contributed by atoms with Crippen molar-refractivity contribution in [1.29, 1.82) is 0 Å². The molecule has 3 rings (SSSR count). The first-order valence-electron chi connectivity index (χ1n) is 7.02. The fourth-order valence-electron chi connectivity index (χ4n) is 2.58. The molecular formula is C14H17N5O2. The van der Waals surface area contributed by atoms with Crippen molar-refractivity contribution in [2.24, 2.45) is 5.92 Å². The van der Waals surface area contributed by atoms with Gasteiger partial charge in [0.15, 0.2) is 0 Å². The summed E-state index contributed by atoms with van der Waals surface area (Å²) < 4.78 is 0. The molecule has 2 aromatic rings. The second-order valence-corrected chi connectivity index (χ2v) is 5.23. The minimum absolute atomic E-state index is 0.0109. The molecule has 1 saturated heterocycles. The summed E-state index contributed by atoms with van der Waals surface area (Å²) in [6.07, 6.45) is 1.71. The summed E-state index contributed by atoms with van der Waals surface area (Å²) in [6.45, 7) is 1.59. The van der Waals surface area contributed by atoms with Crippen LogP contribution >= 0.6 is 0 Å². The van der Waals surface area contributed by atoms with Gasteiger partial charge >= 0.3 is 0 Å². The van der Waals surface area contributed by atoms with Crippen LogP contribution in [-0.4, -0.2) is 56.2 Å². The maximum atomic E-state index is 12.5. The maximum Gasteiger partial charge on any atom is 0.253 e. The zero-order chi connectivity index (χ0) is 14.7. The number of aliphatic hydroxyl groups is 1. The number of likely N-dealkylation sites (tertiary alicyclic amines) is 1. The highest BCUT2D eigenvalue weighted by atomic mass is 16.3. The molecular weight excluding hydrogens is 270 g/mol. The van der Waals surface area contributed by atoms with Gasteiger partial charge < -0.3 is 10.0 Å². The minimum atomic E-state index is 0.0109. The lowest BCUT2D eigenvalue weighted by Crippen LogP contribution is -2.39. The Morgan fingerprint density at radius 3 is 2.86 bits per heavy atom. The molecule has 7 nitrogen and oxygen atoms in total. The molecule has 0 unspecified atom stereocenters. The van der Waals surface area contributed by atoms with Crippen molar-refractivity contribution in [2.75, 3.05) is 19.7 Å². The van der Waals surface area contributed by atoms with Crippen molar-refractivity contribution in [3.05, 3.63) is 29.8 Å². The molecule has 1 aliphatic heterocycles. The summed E-state index contributed by atoms with van der Waals surface area (Å²) in [5.41, 5.74) is 1.39. The molecule has 0 atom stereocenters. The Morgan fingerprint density at radius 2 is 2.19 bits per heavy atom. The van der Waals surface area contributed by atoms with Crippen LogP contribution in [-0.2, 0) is 0 Å².